The van der Waals surface area contributed by atoms with E-state index in [1.807, 2.05) is 0 Å². The van der Waals surface area contributed by atoms with Crippen LogP contribution in [0.2, 0.25) is 0 Å². The predicted octanol–water partition coefficient (Wildman–Crippen LogP) is 6.07. The number of hydrogen-bond donors (Lipinski definition) is 2. The van der Waals surface area contributed by atoms with E-state index in [9.17, 15) is 31.4 Å². The van der Waals surface area contributed by atoms with Gasteiger partial charge >= 0.3 is 12.5 Å². The summed E-state index contributed by atoms with van der Waals surface area (Å²) in [5.74, 6) is -0.682. The second-order valence-corrected chi connectivity index (χ2v) is 7.85. The molecular formula is C23H28ClF6NO3. The average molecular weight is 516 g/mol. The van der Waals surface area contributed by atoms with Crippen LogP contribution in [-0.4, -0.2) is 30.2 Å². The highest BCUT2D eigenvalue weighted by atomic mass is 35.5. The fourth-order valence-corrected chi connectivity index (χ4v) is 3.20. The van der Waals surface area contributed by atoms with E-state index in [0.717, 1.165) is 6.07 Å². The van der Waals surface area contributed by atoms with Crippen molar-refractivity contribution in [1.82, 2.24) is 0 Å². The lowest BCUT2D eigenvalue weighted by Crippen LogP contribution is -2.43. The first kappa shape index (κ1) is 29.9. The third-order valence-electron chi connectivity index (χ3n) is 5.28. The van der Waals surface area contributed by atoms with Gasteiger partial charge in [-0.25, -0.2) is 0 Å². The molecule has 3 N–H and O–H groups in total. The van der Waals surface area contributed by atoms with Gasteiger partial charge in [0.25, 0.3) is 0 Å². The Balaban J connectivity index is 0.00000578. The fraction of sp³-hybridized carbons (Fsp3) is 0.478. The average Bonchev–Trinajstić information content (AvgIpc) is 2.74. The van der Waals surface area contributed by atoms with Crippen LogP contribution in [0.1, 0.15) is 42.9 Å². The molecule has 2 rings (SSSR count). The van der Waals surface area contributed by atoms with E-state index in [1.54, 1.807) is 13.0 Å². The Morgan fingerprint density at radius 1 is 0.941 bits per heavy atom. The van der Waals surface area contributed by atoms with Crippen LogP contribution in [0.3, 0.4) is 0 Å². The van der Waals surface area contributed by atoms with Gasteiger partial charge in [-0.15, -0.1) is 25.6 Å². The minimum absolute atomic E-state index is 0. The van der Waals surface area contributed by atoms with Crippen molar-refractivity contribution >= 4 is 12.4 Å². The molecule has 0 bridgehead atoms. The van der Waals surface area contributed by atoms with Crippen LogP contribution in [0.25, 0.3) is 0 Å². The quantitative estimate of drug-likeness (QED) is 0.282. The number of aliphatic hydroxyl groups is 1. The van der Waals surface area contributed by atoms with Crippen LogP contribution in [0.5, 0.6) is 11.5 Å². The Kier molecular flexibility index (Phi) is 11.0. The molecule has 0 heterocycles. The van der Waals surface area contributed by atoms with Crippen LogP contribution >= 0.6 is 12.4 Å². The van der Waals surface area contributed by atoms with E-state index in [0.29, 0.717) is 30.4 Å². The summed E-state index contributed by atoms with van der Waals surface area (Å²) in [6, 6.07) is 9.18. The molecule has 0 fully saturated rings. The van der Waals surface area contributed by atoms with Crippen LogP contribution in [-0.2, 0) is 19.0 Å². The van der Waals surface area contributed by atoms with Crippen molar-refractivity contribution in [3.63, 3.8) is 0 Å². The van der Waals surface area contributed by atoms with Gasteiger partial charge in [-0.1, -0.05) is 25.1 Å². The number of aliphatic hydroxyl groups excluding tert-OH is 1. The van der Waals surface area contributed by atoms with Gasteiger partial charge in [0.2, 0.25) is 0 Å². The summed E-state index contributed by atoms with van der Waals surface area (Å²) < 4.78 is 86.8. The van der Waals surface area contributed by atoms with Crippen molar-refractivity contribution in [2.45, 2.75) is 57.1 Å². The summed E-state index contributed by atoms with van der Waals surface area (Å²) in [4.78, 5) is 0. The number of benzene rings is 2. The lowest BCUT2D eigenvalue weighted by atomic mass is 9.90. The summed E-state index contributed by atoms with van der Waals surface area (Å²) >= 11 is 0. The van der Waals surface area contributed by atoms with Crippen molar-refractivity contribution in [2.24, 2.45) is 5.73 Å². The second kappa shape index (κ2) is 12.5. The maximum Gasteiger partial charge on any atom is 0.573 e. The van der Waals surface area contributed by atoms with Crippen molar-refractivity contribution in [2.75, 3.05) is 13.2 Å². The Bertz CT molecular complexity index is 901. The van der Waals surface area contributed by atoms with Crippen LogP contribution in [0.15, 0.2) is 42.5 Å². The second-order valence-electron chi connectivity index (χ2n) is 7.85. The smallest absolute Gasteiger partial charge is 0.493 e. The van der Waals surface area contributed by atoms with E-state index in [1.165, 1.54) is 30.3 Å². The maximum absolute atomic E-state index is 13.5. The number of ether oxygens (including phenoxy) is 2. The summed E-state index contributed by atoms with van der Waals surface area (Å²) in [6.07, 6.45) is -7.76. The molecule has 1 atom stereocenters. The zero-order chi connectivity index (χ0) is 24.7. The van der Waals surface area contributed by atoms with Gasteiger partial charge in [0.15, 0.2) is 0 Å². The highest BCUT2D eigenvalue weighted by molar-refractivity contribution is 5.85. The molecule has 0 aliphatic heterocycles. The third kappa shape index (κ3) is 9.60. The van der Waals surface area contributed by atoms with E-state index >= 15 is 0 Å². The van der Waals surface area contributed by atoms with E-state index < -0.39 is 23.6 Å². The number of hydrogen-bond acceptors (Lipinski definition) is 4. The van der Waals surface area contributed by atoms with Crippen LogP contribution in [0, 0.1) is 0 Å². The van der Waals surface area contributed by atoms with Gasteiger partial charge in [-0.05, 0) is 67.5 Å². The molecule has 0 unspecified atom stereocenters. The fourth-order valence-electron chi connectivity index (χ4n) is 3.20. The van der Waals surface area contributed by atoms with E-state index in [4.69, 9.17) is 10.5 Å². The van der Waals surface area contributed by atoms with Crippen molar-refractivity contribution < 1.29 is 40.9 Å². The van der Waals surface area contributed by atoms with Crippen LogP contribution in [0.4, 0.5) is 26.3 Å². The van der Waals surface area contributed by atoms with Gasteiger partial charge < -0.3 is 20.3 Å². The number of nitrogens with two attached hydrogens (primary N) is 1. The first-order chi connectivity index (χ1) is 15.3. The maximum atomic E-state index is 13.5. The zero-order valence-electron chi connectivity index (χ0n) is 18.5. The SMILES string of the molecule is CC[C@](N)(CO)CCc1ccc(OCCCc2cccc(OC(F)(F)F)c2)c(C(F)(F)F)c1.Cl. The molecule has 34 heavy (non-hydrogen) atoms. The molecule has 0 aromatic heterocycles. The standard InChI is InChI=1S/C23H27F6NO3.ClH/c1-2-21(30,15-31)11-10-17-8-9-20(19(14-17)22(24,25)26)32-12-4-6-16-5-3-7-18(13-16)33-23(27,28)29;/h3,5,7-9,13-14,31H,2,4,6,10-12,15,30H2,1H3;1H/t21-;/m1./s1. The Morgan fingerprint density at radius 3 is 2.21 bits per heavy atom. The molecule has 192 valence electrons. The molecule has 2 aromatic rings. The van der Waals surface area contributed by atoms with Crippen molar-refractivity contribution in [3.05, 3.63) is 59.2 Å². The highest BCUT2D eigenvalue weighted by Crippen LogP contribution is 2.37. The lowest BCUT2D eigenvalue weighted by molar-refractivity contribution is -0.274. The lowest BCUT2D eigenvalue weighted by Gasteiger charge is -2.25. The van der Waals surface area contributed by atoms with Crippen LogP contribution < -0.4 is 15.2 Å². The molecule has 0 aliphatic carbocycles. The number of aryl methyl sites for hydroxylation is 2. The van der Waals surface area contributed by atoms with Gasteiger partial charge in [0, 0.05) is 5.54 Å². The van der Waals surface area contributed by atoms with E-state index in [-0.39, 0.29) is 50.0 Å². The molecule has 0 spiro atoms. The van der Waals surface area contributed by atoms with Gasteiger partial charge in [-0.3, -0.25) is 0 Å². The monoisotopic (exact) mass is 515 g/mol. The van der Waals surface area contributed by atoms with Crippen molar-refractivity contribution in [3.8, 4) is 11.5 Å². The molecular weight excluding hydrogens is 488 g/mol. The molecule has 11 heteroatoms. The van der Waals surface area contributed by atoms with Crippen molar-refractivity contribution in [1.29, 1.82) is 0 Å². The Morgan fingerprint density at radius 2 is 1.62 bits per heavy atom. The van der Waals surface area contributed by atoms with Gasteiger partial charge in [0.1, 0.15) is 11.5 Å². The molecule has 4 nitrogen and oxygen atoms in total. The molecule has 0 saturated carbocycles. The topological polar surface area (TPSA) is 64.7 Å². The summed E-state index contributed by atoms with van der Waals surface area (Å²) in [5.41, 5.74) is 5.20. The largest absolute Gasteiger partial charge is 0.573 e. The molecule has 0 radical (unpaired) electrons. The third-order valence-corrected chi connectivity index (χ3v) is 5.28. The number of alkyl halides is 6. The molecule has 0 amide bonds. The summed E-state index contributed by atoms with van der Waals surface area (Å²) in [5, 5.41) is 9.38. The summed E-state index contributed by atoms with van der Waals surface area (Å²) in [7, 11) is 0. The molecule has 0 aliphatic rings. The molecule has 2 aromatic carbocycles. The van der Waals surface area contributed by atoms with Gasteiger partial charge in [-0.2, -0.15) is 13.2 Å². The highest BCUT2D eigenvalue weighted by Gasteiger charge is 2.35. The normalized spacial score (nSPS) is 13.7. The number of halogens is 7. The van der Waals surface area contributed by atoms with E-state index in [2.05, 4.69) is 4.74 Å². The molecule has 0 saturated heterocycles. The predicted molar refractivity (Wildman–Crippen MR) is 118 cm³/mol. The Labute approximate surface area is 200 Å². The number of rotatable bonds is 11. The zero-order valence-corrected chi connectivity index (χ0v) is 19.3. The summed E-state index contributed by atoms with van der Waals surface area (Å²) in [6.45, 7) is 1.48. The van der Waals surface area contributed by atoms with Gasteiger partial charge in [0.05, 0.1) is 18.8 Å². The first-order valence-electron chi connectivity index (χ1n) is 10.4. The Hall–Kier alpha value is -2.17. The first-order valence-corrected chi connectivity index (χ1v) is 10.4. The minimum Gasteiger partial charge on any atom is -0.493 e. The minimum atomic E-state index is -4.80.